The molecule has 0 radical (unpaired) electrons. The van der Waals surface area contributed by atoms with Gasteiger partial charge in [-0.15, -0.1) is 0 Å². The second-order valence-corrected chi connectivity index (χ2v) is 6.43. The molecule has 6 nitrogen and oxygen atoms in total. The summed E-state index contributed by atoms with van der Waals surface area (Å²) in [7, 11) is 1.67. The van der Waals surface area contributed by atoms with Gasteiger partial charge < -0.3 is 18.9 Å². The van der Waals surface area contributed by atoms with Crippen LogP contribution in [-0.2, 0) is 6.54 Å². The van der Waals surface area contributed by atoms with Crippen LogP contribution in [0.5, 0.6) is 11.5 Å². The number of hydrogen-bond acceptors (Lipinski definition) is 6. The third kappa shape index (κ3) is 5.47. The highest BCUT2D eigenvalue weighted by Gasteiger charge is 2.17. The van der Waals surface area contributed by atoms with Crippen LogP contribution in [0.3, 0.4) is 0 Å². The maximum Gasteiger partial charge on any atom is 0.150 e. The molecule has 1 aliphatic heterocycles. The molecule has 0 aliphatic carbocycles. The summed E-state index contributed by atoms with van der Waals surface area (Å²) in [6.45, 7) is 8.95. The monoisotopic (exact) mass is 345 g/mol. The highest BCUT2D eigenvalue weighted by atomic mass is 16.5. The summed E-state index contributed by atoms with van der Waals surface area (Å²) < 4.78 is 16.2. The van der Waals surface area contributed by atoms with E-state index in [2.05, 4.69) is 15.0 Å². The number of aryl methyl sites for hydroxylation is 1. The summed E-state index contributed by atoms with van der Waals surface area (Å²) in [4.78, 5) is 4.92. The van der Waals surface area contributed by atoms with E-state index in [-0.39, 0.29) is 0 Å². The first-order chi connectivity index (χ1) is 12.2. The molecule has 1 aromatic carbocycles. The van der Waals surface area contributed by atoms with Gasteiger partial charge in [0.1, 0.15) is 11.5 Å². The van der Waals surface area contributed by atoms with E-state index in [0.29, 0.717) is 0 Å². The van der Waals surface area contributed by atoms with Gasteiger partial charge in [0.25, 0.3) is 0 Å². The summed E-state index contributed by atoms with van der Waals surface area (Å²) in [5.41, 5.74) is 0.950. The molecule has 1 fully saturated rings. The second kappa shape index (κ2) is 8.87. The summed E-state index contributed by atoms with van der Waals surface area (Å²) in [5, 5.41) is 3.95. The molecule has 0 bridgehead atoms. The Bertz CT molecular complexity index is 634. The first kappa shape index (κ1) is 17.8. The van der Waals surface area contributed by atoms with E-state index in [1.54, 1.807) is 7.11 Å². The fourth-order valence-electron chi connectivity index (χ4n) is 3.03. The normalized spacial score (nSPS) is 16.1. The minimum absolute atomic E-state index is 0.740. The fourth-order valence-corrected chi connectivity index (χ4v) is 3.03. The zero-order valence-electron chi connectivity index (χ0n) is 15.1. The quantitative estimate of drug-likeness (QED) is 0.686. The third-order valence-corrected chi connectivity index (χ3v) is 4.47. The first-order valence-electron chi connectivity index (χ1n) is 8.87. The van der Waals surface area contributed by atoms with Gasteiger partial charge in [-0.05, 0) is 37.6 Å². The minimum Gasteiger partial charge on any atom is -0.497 e. The van der Waals surface area contributed by atoms with Crippen molar-refractivity contribution in [1.82, 2.24) is 15.0 Å². The van der Waals surface area contributed by atoms with Crippen molar-refractivity contribution in [1.29, 1.82) is 0 Å². The molecule has 2 heterocycles. The van der Waals surface area contributed by atoms with Crippen molar-refractivity contribution >= 4 is 0 Å². The number of aromatic nitrogens is 1. The Morgan fingerprint density at radius 2 is 1.72 bits per heavy atom. The standard InChI is InChI=1S/C19H27N3O3/c1-16-14-19(25-20-16)15-22-11-9-21(10-12-22)8-3-13-24-18-6-4-17(23-2)5-7-18/h4-7,14H,3,8-13,15H2,1-2H3. The van der Waals surface area contributed by atoms with Gasteiger partial charge in [-0.3, -0.25) is 4.90 Å². The van der Waals surface area contributed by atoms with Crippen LogP contribution >= 0.6 is 0 Å². The van der Waals surface area contributed by atoms with Crippen molar-refractivity contribution < 1.29 is 14.0 Å². The Kier molecular flexibility index (Phi) is 6.30. The maximum atomic E-state index is 5.79. The highest BCUT2D eigenvalue weighted by molar-refractivity contribution is 5.31. The Labute approximate surface area is 149 Å². The van der Waals surface area contributed by atoms with Crippen molar-refractivity contribution in [3.05, 3.63) is 41.8 Å². The first-order valence-corrected chi connectivity index (χ1v) is 8.87. The van der Waals surface area contributed by atoms with Crippen molar-refractivity contribution in [2.75, 3.05) is 46.4 Å². The van der Waals surface area contributed by atoms with Gasteiger partial charge in [0.05, 0.1) is 26.0 Å². The Hall–Kier alpha value is -2.05. The van der Waals surface area contributed by atoms with Crippen LogP contribution in [0.15, 0.2) is 34.9 Å². The van der Waals surface area contributed by atoms with Crippen LogP contribution in [0.1, 0.15) is 17.9 Å². The molecular weight excluding hydrogens is 318 g/mol. The Morgan fingerprint density at radius 1 is 1.04 bits per heavy atom. The van der Waals surface area contributed by atoms with E-state index < -0.39 is 0 Å². The molecule has 1 aromatic heterocycles. The maximum absolute atomic E-state index is 5.79. The lowest BCUT2D eigenvalue weighted by atomic mass is 10.2. The Morgan fingerprint density at radius 3 is 2.36 bits per heavy atom. The number of methoxy groups -OCH3 is 1. The van der Waals surface area contributed by atoms with Crippen molar-refractivity contribution in [2.24, 2.45) is 0 Å². The molecular formula is C19H27N3O3. The topological polar surface area (TPSA) is 51.0 Å². The lowest BCUT2D eigenvalue weighted by molar-refractivity contribution is 0.113. The molecule has 1 saturated heterocycles. The van der Waals surface area contributed by atoms with E-state index in [9.17, 15) is 0 Å². The number of benzene rings is 1. The molecule has 0 atom stereocenters. The smallest absolute Gasteiger partial charge is 0.150 e. The molecule has 3 rings (SSSR count). The zero-order valence-corrected chi connectivity index (χ0v) is 15.1. The lowest BCUT2D eigenvalue weighted by Gasteiger charge is -2.34. The van der Waals surface area contributed by atoms with E-state index in [4.69, 9.17) is 14.0 Å². The third-order valence-electron chi connectivity index (χ3n) is 4.47. The minimum atomic E-state index is 0.740. The predicted molar refractivity (Wildman–Crippen MR) is 96.1 cm³/mol. The van der Waals surface area contributed by atoms with Crippen LogP contribution in [0.2, 0.25) is 0 Å². The summed E-state index contributed by atoms with van der Waals surface area (Å²) in [6.07, 6.45) is 1.04. The van der Waals surface area contributed by atoms with Crippen LogP contribution < -0.4 is 9.47 Å². The number of ether oxygens (including phenoxy) is 2. The lowest BCUT2D eigenvalue weighted by Crippen LogP contribution is -2.46. The van der Waals surface area contributed by atoms with Gasteiger partial charge in [0, 0.05) is 38.8 Å². The fraction of sp³-hybridized carbons (Fsp3) is 0.526. The molecule has 0 saturated carbocycles. The van der Waals surface area contributed by atoms with E-state index in [1.165, 1.54) is 0 Å². The molecule has 0 amide bonds. The van der Waals surface area contributed by atoms with Crippen LogP contribution in [-0.4, -0.2) is 61.4 Å². The van der Waals surface area contributed by atoms with Crippen molar-refractivity contribution in [3.8, 4) is 11.5 Å². The highest BCUT2D eigenvalue weighted by Crippen LogP contribution is 2.17. The average molecular weight is 345 g/mol. The van der Waals surface area contributed by atoms with Gasteiger partial charge in [-0.1, -0.05) is 5.16 Å². The molecule has 136 valence electrons. The zero-order chi connectivity index (χ0) is 17.5. The molecule has 0 spiro atoms. The van der Waals surface area contributed by atoms with Crippen molar-refractivity contribution in [3.63, 3.8) is 0 Å². The Balaban J connectivity index is 1.29. The second-order valence-electron chi connectivity index (χ2n) is 6.43. The number of hydrogen-bond donors (Lipinski definition) is 0. The largest absolute Gasteiger partial charge is 0.497 e. The van der Waals surface area contributed by atoms with E-state index >= 15 is 0 Å². The summed E-state index contributed by atoms with van der Waals surface area (Å²) >= 11 is 0. The summed E-state index contributed by atoms with van der Waals surface area (Å²) in [5.74, 6) is 2.71. The molecule has 2 aromatic rings. The van der Waals surface area contributed by atoms with Crippen molar-refractivity contribution in [2.45, 2.75) is 19.9 Å². The van der Waals surface area contributed by atoms with Gasteiger partial charge in [0.15, 0.2) is 5.76 Å². The van der Waals surface area contributed by atoms with Gasteiger partial charge in [0.2, 0.25) is 0 Å². The SMILES string of the molecule is COc1ccc(OCCCN2CCN(Cc3cc(C)no3)CC2)cc1. The van der Waals surface area contributed by atoms with E-state index in [1.807, 2.05) is 37.3 Å². The number of nitrogens with zero attached hydrogens (tertiary/aromatic N) is 3. The molecule has 25 heavy (non-hydrogen) atoms. The molecule has 1 aliphatic rings. The van der Waals surface area contributed by atoms with Crippen LogP contribution in [0, 0.1) is 6.92 Å². The van der Waals surface area contributed by atoms with Gasteiger partial charge in [-0.2, -0.15) is 0 Å². The van der Waals surface area contributed by atoms with Crippen LogP contribution in [0.4, 0.5) is 0 Å². The van der Waals surface area contributed by atoms with Crippen LogP contribution in [0.25, 0.3) is 0 Å². The van der Waals surface area contributed by atoms with E-state index in [0.717, 1.165) is 75.2 Å². The molecule has 6 heteroatoms. The molecule has 0 unspecified atom stereocenters. The summed E-state index contributed by atoms with van der Waals surface area (Å²) in [6, 6.07) is 9.75. The number of piperazine rings is 1. The molecule has 0 N–H and O–H groups in total. The van der Waals surface area contributed by atoms with Gasteiger partial charge in [-0.25, -0.2) is 0 Å². The van der Waals surface area contributed by atoms with Gasteiger partial charge >= 0.3 is 0 Å². The number of rotatable bonds is 8. The average Bonchev–Trinajstić information content (AvgIpc) is 3.05. The predicted octanol–water partition coefficient (Wildman–Crippen LogP) is 2.58.